The Hall–Kier alpha value is -18.3. The van der Waals surface area contributed by atoms with Crippen LogP contribution in [-0.2, 0) is 52.5 Å². The molecule has 21 nitrogen and oxygen atoms in total. The van der Waals surface area contributed by atoms with E-state index >= 15 is 0 Å². The van der Waals surface area contributed by atoms with Crippen molar-refractivity contribution in [1.29, 1.82) is 0 Å². The molecule has 14 aromatic carbocycles. The highest BCUT2D eigenvalue weighted by atomic mass is 16.6. The molecule has 21 heteroatoms. The van der Waals surface area contributed by atoms with Crippen molar-refractivity contribution in [2.75, 3.05) is 87.8 Å². The fourth-order valence-corrected chi connectivity index (χ4v) is 18.7. The molecule has 21 rings (SSSR count). The smallest absolute Gasteiger partial charge is 0.338 e. The normalized spacial score (nSPS) is 13.3. The lowest BCUT2D eigenvalue weighted by Gasteiger charge is -2.31. The quantitative estimate of drug-likeness (QED) is 0.0189. The van der Waals surface area contributed by atoms with Gasteiger partial charge in [-0.25, -0.2) is 24.0 Å². The fourth-order valence-electron chi connectivity index (χ4n) is 18.7. The molecule has 0 aliphatic heterocycles. The van der Waals surface area contributed by atoms with E-state index in [4.69, 9.17) is 23.7 Å². The van der Waals surface area contributed by atoms with Gasteiger partial charge in [0.15, 0.2) is 40.5 Å². The van der Waals surface area contributed by atoms with Crippen molar-refractivity contribution < 1.29 is 95.0 Å². The first-order valence-electron chi connectivity index (χ1n) is 48.1. The third-order valence-corrected chi connectivity index (χ3v) is 25.8. The van der Waals surface area contributed by atoms with Crippen molar-refractivity contribution in [2.24, 2.45) is 0 Å². The number of rotatable bonds is 23. The molecule has 0 aromatic heterocycles. The second kappa shape index (κ2) is 45.3. The summed E-state index contributed by atoms with van der Waals surface area (Å²) in [5.41, 5.74) is 16.3. The largest absolute Gasteiger partial charge is 0.458 e. The number of carbonyl (C=O) groups excluding carboxylic acids is 13. The highest BCUT2D eigenvalue weighted by Gasteiger charge is 2.34. The van der Waals surface area contributed by atoms with Gasteiger partial charge in [0.05, 0.1) is 45.9 Å². The number of quaternary nitrogens is 2. The average molecular weight is 1980 g/mol. The molecule has 0 spiro atoms. The highest BCUT2D eigenvalue weighted by Crippen LogP contribution is 2.41. The van der Waals surface area contributed by atoms with Crippen LogP contribution in [0, 0.1) is 0 Å². The molecular weight excluding hydrogens is 1870 g/mol. The van der Waals surface area contributed by atoms with Crippen molar-refractivity contribution in [3.8, 4) is 0 Å². The summed E-state index contributed by atoms with van der Waals surface area (Å²) in [4.78, 5) is 158. The molecule has 0 atom stereocenters. The van der Waals surface area contributed by atoms with Crippen molar-refractivity contribution in [3.63, 3.8) is 0 Å². The number of likely N-dealkylation sites (N-methyl/N-ethyl adjacent to an activating group) is 3. The van der Waals surface area contributed by atoms with E-state index in [0.29, 0.717) is 91.0 Å². The van der Waals surface area contributed by atoms with Gasteiger partial charge in [0, 0.05) is 165 Å². The Balaban J connectivity index is 0.000000130. The van der Waals surface area contributed by atoms with E-state index in [1.165, 1.54) is 17.1 Å². The van der Waals surface area contributed by atoms with Crippen LogP contribution in [0.25, 0.3) is 117 Å². The molecule has 0 bridgehead atoms. The van der Waals surface area contributed by atoms with Crippen LogP contribution in [0.2, 0.25) is 0 Å². The zero-order chi connectivity index (χ0) is 107. The number of Topliss-reactive ketones (excluding diaryl/α,β-unsaturated/α-hetero) is 5. The number of carbonyl (C=O) groups is 13. The lowest BCUT2D eigenvalue weighted by atomic mass is 9.87. The predicted octanol–water partition coefficient (Wildman–Crippen LogP) is 24.0. The minimum absolute atomic E-state index is 0.00864. The molecule has 0 radical (unpaired) electrons. The van der Waals surface area contributed by atoms with Crippen LogP contribution in [0.1, 0.15) is 139 Å². The number of ether oxygens (including phenoxy) is 5. The minimum atomic E-state index is -0.574. The van der Waals surface area contributed by atoms with Gasteiger partial charge in [-0.05, 0) is 130 Å². The van der Waals surface area contributed by atoms with E-state index in [1.54, 1.807) is 65.1 Å². The van der Waals surface area contributed by atoms with Crippen molar-refractivity contribution in [3.05, 3.63) is 459 Å². The van der Waals surface area contributed by atoms with Gasteiger partial charge < -0.3 is 37.6 Å². The second-order valence-corrected chi connectivity index (χ2v) is 38.1. The maximum Gasteiger partial charge on any atom is 0.338 e. The first-order valence-corrected chi connectivity index (χ1v) is 48.1. The molecule has 0 saturated heterocycles. The molecule has 7 aliphatic rings. The van der Waals surface area contributed by atoms with E-state index < -0.39 is 23.9 Å². The van der Waals surface area contributed by atoms with Crippen LogP contribution in [0.5, 0.6) is 0 Å². The first-order chi connectivity index (χ1) is 71.3. The third kappa shape index (κ3) is 23.4. The molecule has 1 amide bonds. The number of hydrogen-bond donors (Lipinski definition) is 0. The summed E-state index contributed by atoms with van der Waals surface area (Å²) >= 11 is 0. The van der Waals surface area contributed by atoms with Crippen LogP contribution in [0.15, 0.2) is 381 Å². The Morgan fingerprint density at radius 3 is 0.919 bits per heavy atom. The van der Waals surface area contributed by atoms with Gasteiger partial charge in [0.1, 0.15) is 51.0 Å². The number of esters is 5. The topological polar surface area (TPSA) is 271 Å². The molecule has 0 unspecified atom stereocenters. The average Bonchev–Trinajstić information content (AvgIpc) is 0.769. The monoisotopic (exact) mass is 1980 g/mol. The maximum absolute atomic E-state index is 13.0. The number of nitrogens with zero attached hydrogens (tertiary/aromatic N) is 3. The second-order valence-electron chi connectivity index (χ2n) is 38.1. The van der Waals surface area contributed by atoms with Crippen LogP contribution < -0.4 is 0 Å². The van der Waals surface area contributed by atoms with Gasteiger partial charge in [0.25, 0.3) is 0 Å². The Morgan fingerprint density at radius 1 is 0.302 bits per heavy atom. The summed E-state index contributed by atoms with van der Waals surface area (Å²) in [7, 11) is 9.99. The molecule has 0 heterocycles. The van der Waals surface area contributed by atoms with Crippen LogP contribution >= 0.6 is 0 Å². The van der Waals surface area contributed by atoms with E-state index in [-0.39, 0.29) is 83.6 Å². The van der Waals surface area contributed by atoms with Crippen molar-refractivity contribution >= 4 is 194 Å². The van der Waals surface area contributed by atoms with E-state index in [1.807, 2.05) is 245 Å². The zero-order valence-corrected chi connectivity index (χ0v) is 84.3. The summed E-state index contributed by atoms with van der Waals surface area (Å²) in [6.07, 6.45) is 16.3. The molecule has 742 valence electrons. The lowest BCUT2D eigenvalue weighted by Crippen LogP contribution is -2.45. The summed E-state index contributed by atoms with van der Waals surface area (Å²) in [5, 5.41) is 13.9. The molecule has 0 fully saturated rings. The van der Waals surface area contributed by atoms with Crippen molar-refractivity contribution in [2.45, 2.75) is 27.7 Å². The molecule has 7 aliphatic carbocycles. The lowest BCUT2D eigenvalue weighted by molar-refractivity contribution is -0.885. The number of ketones is 7. The SMILES string of the molecule is C=C(C)C(=O)N(C)CC1=Cc2cccc3cccc(c23)C1=O.C=C(C)C(=O)OC1=CC(=O)c2cccc3cccc1c23.C=C(C)C(=O)OCC1=Cc2cccc3cccc(c23)C1=O.C=C(C)C(=O)OCC[N+](C)(C)CC1=Cc2cccc3cccc(c23)C1=O.C=CC(=O)OC1=CC(=O)c2cccc3cccc1c23.C=CC(=O)OCC1=Cc2cccc3cccc(c23)C1=O.C=CC[N+](C)(C)CC1=Cc2cccc3cccc(c23)C1=O. The molecular formula is C128H109N3O18+2. The first kappa shape index (κ1) is 105. The summed E-state index contributed by atoms with van der Waals surface area (Å²) < 4.78 is 27.0. The number of amides is 1. The standard InChI is InChI=1S/C22H24NO3.C19H17NO2.C19H20NO.C18H14O3.2C17H12O3.C16H10O3/c1-15(2)22(25)26-12-11-23(3,4)14-18-13-17-9-5-7-16-8-6-10-19(20(16)17)21(18)24;1-12(2)19(22)20(3)11-15-10-14-8-4-6-13-7-5-9-16(17(13)14)18(15)21;1-4-11-20(2,3)13-16-12-15-9-5-7-14-8-6-10-17(18(14)15)19(16)21;1-11(2)18(20)21-10-14-9-13-7-3-5-12-6-4-8-15(16(12)13)17(14)19;1-10(2)17(19)20-15-9-14(18)12-7-3-5-11-6-4-8-13(15)16(11)12;1-2-15(18)20-10-13-9-12-7-3-5-11-6-4-8-14(16(11)12)17(13)19;1-2-15(18)19-14-9-13(17)11-7-3-5-10-6-4-8-12(14)16(10)11/h5-10,13H,1,11-12,14H2,2-4H3;4-10H,1,11H2,2-3H3;4-10,12H,1,11,13H2,2-3H3;3-9H,1,10H2,2H3;3-9H,1H2,2H3;2-9H,1,10H2;2-9H,1H2/q+1;;+1;;;;. The number of hydrogen-bond acceptors (Lipinski definition) is 18. The molecule has 149 heavy (non-hydrogen) atoms. The Bertz CT molecular complexity index is 8380. The Labute approximate surface area is 862 Å². The van der Waals surface area contributed by atoms with E-state index in [2.05, 4.69) is 90.5 Å². The fraction of sp³-hybridized carbons (Fsp3) is 0.133. The van der Waals surface area contributed by atoms with E-state index in [0.717, 1.165) is 166 Å². The zero-order valence-electron chi connectivity index (χ0n) is 84.3. The third-order valence-electron chi connectivity index (χ3n) is 25.8. The Morgan fingerprint density at radius 2 is 0.584 bits per heavy atom. The van der Waals surface area contributed by atoms with E-state index in [9.17, 15) is 62.3 Å². The van der Waals surface area contributed by atoms with Gasteiger partial charge >= 0.3 is 29.8 Å². The van der Waals surface area contributed by atoms with Gasteiger partial charge in [-0.1, -0.05) is 301 Å². The molecule has 14 aromatic rings. The minimum Gasteiger partial charge on any atom is -0.458 e. The van der Waals surface area contributed by atoms with Crippen LogP contribution in [-0.4, -0.2) is 178 Å². The summed E-state index contributed by atoms with van der Waals surface area (Å²) in [5.74, 6) is -2.34. The number of allylic oxidation sites excluding steroid dienone is 2. The van der Waals surface area contributed by atoms with Crippen LogP contribution in [0.4, 0.5) is 0 Å². The maximum atomic E-state index is 13.0. The van der Waals surface area contributed by atoms with Gasteiger partial charge in [-0.3, -0.25) is 38.4 Å². The highest BCUT2D eigenvalue weighted by molar-refractivity contribution is 6.29. The van der Waals surface area contributed by atoms with Gasteiger partial charge in [0.2, 0.25) is 5.91 Å². The van der Waals surface area contributed by atoms with Crippen LogP contribution in [0.3, 0.4) is 0 Å². The predicted molar refractivity (Wildman–Crippen MR) is 590 cm³/mol. The summed E-state index contributed by atoms with van der Waals surface area (Å²) in [6, 6.07) is 81.3. The Kier molecular flexibility index (Phi) is 31.9. The van der Waals surface area contributed by atoms with Gasteiger partial charge in [-0.15, -0.1) is 0 Å². The molecule has 0 saturated carbocycles. The molecule has 0 N–H and O–H groups in total. The number of benzene rings is 14. The van der Waals surface area contributed by atoms with Gasteiger partial charge in [-0.2, -0.15) is 0 Å². The van der Waals surface area contributed by atoms with Crippen molar-refractivity contribution in [1.82, 2.24) is 4.90 Å². The summed E-state index contributed by atoms with van der Waals surface area (Å²) in [6.45, 7) is 34.5.